The number of aryl methyl sites for hydroxylation is 1. The van der Waals surface area contributed by atoms with E-state index in [0.717, 1.165) is 43.6 Å². The van der Waals surface area contributed by atoms with Gasteiger partial charge in [-0.2, -0.15) is 0 Å². The number of imidazole rings is 1. The first-order chi connectivity index (χ1) is 13.2. The Hall–Kier alpha value is -3.02. The number of furan rings is 1. The number of rotatable bonds is 8. The maximum atomic E-state index is 5.36. The Kier molecular flexibility index (Phi) is 6.68. The lowest BCUT2D eigenvalue weighted by atomic mass is 10.1. The van der Waals surface area contributed by atoms with Crippen LogP contribution in [0, 0.1) is 6.92 Å². The van der Waals surface area contributed by atoms with Crippen molar-refractivity contribution in [2.45, 2.75) is 33.4 Å². The van der Waals surface area contributed by atoms with E-state index >= 15 is 0 Å². The summed E-state index contributed by atoms with van der Waals surface area (Å²) in [6, 6.07) is 12.4. The number of hydrogen-bond acceptors (Lipinski definition) is 3. The van der Waals surface area contributed by atoms with Crippen LogP contribution in [0.1, 0.15) is 29.6 Å². The van der Waals surface area contributed by atoms with Gasteiger partial charge in [-0.05, 0) is 37.1 Å². The second-order valence-corrected chi connectivity index (χ2v) is 6.37. The van der Waals surface area contributed by atoms with Crippen LogP contribution in [0.5, 0.6) is 0 Å². The molecule has 142 valence electrons. The van der Waals surface area contributed by atoms with E-state index in [2.05, 4.69) is 51.4 Å². The van der Waals surface area contributed by atoms with E-state index in [1.807, 2.05) is 31.5 Å². The molecule has 2 aromatic heterocycles. The average molecular weight is 365 g/mol. The van der Waals surface area contributed by atoms with Crippen molar-refractivity contribution in [3.8, 4) is 0 Å². The normalized spacial score (nSPS) is 11.6. The van der Waals surface area contributed by atoms with Crippen molar-refractivity contribution in [2.24, 2.45) is 4.99 Å². The Morgan fingerprint density at radius 1 is 1.19 bits per heavy atom. The average Bonchev–Trinajstić information content (AvgIpc) is 3.32. The summed E-state index contributed by atoms with van der Waals surface area (Å²) in [6.07, 6.45) is 6.37. The second-order valence-electron chi connectivity index (χ2n) is 6.37. The van der Waals surface area contributed by atoms with Crippen LogP contribution in [0.25, 0.3) is 0 Å². The van der Waals surface area contributed by atoms with Crippen molar-refractivity contribution in [1.29, 1.82) is 0 Å². The van der Waals surface area contributed by atoms with Gasteiger partial charge in [-0.1, -0.05) is 24.3 Å². The van der Waals surface area contributed by atoms with E-state index in [4.69, 9.17) is 9.41 Å². The molecule has 2 heterocycles. The van der Waals surface area contributed by atoms with Crippen molar-refractivity contribution < 1.29 is 4.42 Å². The van der Waals surface area contributed by atoms with Gasteiger partial charge < -0.3 is 19.6 Å². The molecule has 0 bridgehead atoms. The molecule has 27 heavy (non-hydrogen) atoms. The molecular weight excluding hydrogens is 338 g/mol. The molecule has 3 rings (SSSR count). The molecule has 2 N–H and O–H groups in total. The Labute approximate surface area is 160 Å². The highest BCUT2D eigenvalue weighted by atomic mass is 16.3. The first-order valence-corrected chi connectivity index (χ1v) is 9.34. The van der Waals surface area contributed by atoms with Crippen molar-refractivity contribution in [3.63, 3.8) is 0 Å². The lowest BCUT2D eigenvalue weighted by Gasteiger charge is -2.11. The van der Waals surface area contributed by atoms with Crippen LogP contribution in [0.15, 0.2) is 64.5 Å². The van der Waals surface area contributed by atoms with Crippen LogP contribution >= 0.6 is 0 Å². The van der Waals surface area contributed by atoms with Gasteiger partial charge in [-0.15, -0.1) is 0 Å². The maximum absolute atomic E-state index is 5.36. The van der Waals surface area contributed by atoms with Gasteiger partial charge in [-0.25, -0.2) is 9.98 Å². The fourth-order valence-electron chi connectivity index (χ4n) is 2.86. The summed E-state index contributed by atoms with van der Waals surface area (Å²) >= 11 is 0. The van der Waals surface area contributed by atoms with Gasteiger partial charge in [0, 0.05) is 38.4 Å². The topological polar surface area (TPSA) is 67.4 Å². The Morgan fingerprint density at radius 3 is 2.81 bits per heavy atom. The van der Waals surface area contributed by atoms with Gasteiger partial charge in [0.15, 0.2) is 5.96 Å². The van der Waals surface area contributed by atoms with Crippen LogP contribution in [0.3, 0.4) is 0 Å². The largest absolute Gasteiger partial charge is 0.469 e. The molecule has 0 unspecified atom stereocenters. The second kappa shape index (κ2) is 9.62. The molecule has 0 saturated carbocycles. The summed E-state index contributed by atoms with van der Waals surface area (Å²) in [5.41, 5.74) is 2.44. The number of aromatic nitrogens is 2. The standard InChI is InChI=1S/C21H27N5O/c1-3-22-21(24-10-9-20-8-5-13-27-20)25-15-18-6-4-7-19(14-18)16-26-12-11-23-17(26)2/h4-8,11-14H,3,9-10,15-16H2,1-2H3,(H2,22,24,25). The van der Waals surface area contributed by atoms with Crippen molar-refractivity contribution >= 4 is 5.96 Å². The van der Waals surface area contributed by atoms with E-state index < -0.39 is 0 Å². The summed E-state index contributed by atoms with van der Waals surface area (Å²) in [6.45, 7) is 7.15. The number of aliphatic imine (C=N–C) groups is 1. The predicted molar refractivity (Wildman–Crippen MR) is 108 cm³/mol. The molecule has 6 nitrogen and oxygen atoms in total. The van der Waals surface area contributed by atoms with E-state index in [0.29, 0.717) is 6.54 Å². The molecule has 1 aromatic carbocycles. The Bertz CT molecular complexity index is 851. The summed E-state index contributed by atoms with van der Waals surface area (Å²) in [4.78, 5) is 8.98. The van der Waals surface area contributed by atoms with Gasteiger partial charge in [0.05, 0.1) is 12.8 Å². The van der Waals surface area contributed by atoms with Crippen LogP contribution in [-0.4, -0.2) is 28.6 Å². The minimum Gasteiger partial charge on any atom is -0.469 e. The minimum atomic E-state index is 0.632. The monoisotopic (exact) mass is 365 g/mol. The first-order valence-electron chi connectivity index (χ1n) is 9.34. The maximum Gasteiger partial charge on any atom is 0.191 e. The SMILES string of the molecule is CCNC(=NCc1cccc(Cn2ccnc2C)c1)NCCc1ccco1. The molecule has 0 amide bonds. The predicted octanol–water partition coefficient (Wildman–Crippen LogP) is 3.13. The zero-order chi connectivity index (χ0) is 18.9. The highest BCUT2D eigenvalue weighted by Crippen LogP contribution is 2.10. The van der Waals surface area contributed by atoms with Gasteiger partial charge in [-0.3, -0.25) is 0 Å². The molecule has 0 atom stereocenters. The van der Waals surface area contributed by atoms with Crippen LogP contribution in [-0.2, 0) is 19.5 Å². The quantitative estimate of drug-likeness (QED) is 0.475. The highest BCUT2D eigenvalue weighted by Gasteiger charge is 2.02. The van der Waals surface area contributed by atoms with E-state index in [1.54, 1.807) is 6.26 Å². The molecule has 0 spiro atoms. The summed E-state index contributed by atoms with van der Waals surface area (Å²) in [5, 5.41) is 6.64. The number of guanidine groups is 1. The Morgan fingerprint density at radius 2 is 2.07 bits per heavy atom. The molecule has 0 fully saturated rings. The van der Waals surface area contributed by atoms with Crippen molar-refractivity contribution in [3.05, 3.63) is 77.8 Å². The summed E-state index contributed by atoms with van der Waals surface area (Å²) in [7, 11) is 0. The first kappa shape index (κ1) is 18.8. The van der Waals surface area contributed by atoms with Crippen LogP contribution < -0.4 is 10.6 Å². The third-order valence-corrected chi connectivity index (χ3v) is 4.28. The molecule has 0 aliphatic rings. The molecular formula is C21H27N5O. The fourth-order valence-corrected chi connectivity index (χ4v) is 2.86. The third-order valence-electron chi connectivity index (χ3n) is 4.28. The lowest BCUT2D eigenvalue weighted by molar-refractivity contribution is 0.507. The number of hydrogen-bond donors (Lipinski definition) is 2. The number of benzene rings is 1. The van der Waals surface area contributed by atoms with Crippen molar-refractivity contribution in [2.75, 3.05) is 13.1 Å². The molecule has 0 aliphatic carbocycles. The number of nitrogens with one attached hydrogen (secondary N) is 2. The van der Waals surface area contributed by atoms with E-state index in [9.17, 15) is 0 Å². The van der Waals surface area contributed by atoms with Crippen LogP contribution in [0.4, 0.5) is 0 Å². The van der Waals surface area contributed by atoms with E-state index in [1.165, 1.54) is 11.1 Å². The number of nitrogens with zero attached hydrogens (tertiary/aromatic N) is 3. The summed E-state index contributed by atoms with van der Waals surface area (Å²) < 4.78 is 7.50. The zero-order valence-electron chi connectivity index (χ0n) is 16.0. The summed E-state index contributed by atoms with van der Waals surface area (Å²) in [5.74, 6) is 2.81. The minimum absolute atomic E-state index is 0.632. The van der Waals surface area contributed by atoms with Crippen LogP contribution in [0.2, 0.25) is 0 Å². The molecule has 6 heteroatoms. The zero-order valence-corrected chi connectivity index (χ0v) is 16.0. The lowest BCUT2D eigenvalue weighted by Crippen LogP contribution is -2.38. The van der Waals surface area contributed by atoms with Gasteiger partial charge >= 0.3 is 0 Å². The Balaban J connectivity index is 1.58. The smallest absolute Gasteiger partial charge is 0.191 e. The molecule has 0 saturated heterocycles. The fraction of sp³-hybridized carbons (Fsp3) is 0.333. The molecule has 0 radical (unpaired) electrons. The molecule has 3 aromatic rings. The van der Waals surface area contributed by atoms with Gasteiger partial charge in [0.1, 0.15) is 11.6 Å². The third kappa shape index (κ3) is 5.74. The van der Waals surface area contributed by atoms with Gasteiger partial charge in [0.25, 0.3) is 0 Å². The highest BCUT2D eigenvalue weighted by molar-refractivity contribution is 5.79. The van der Waals surface area contributed by atoms with Gasteiger partial charge in [0.2, 0.25) is 0 Å². The molecule has 0 aliphatic heterocycles. The van der Waals surface area contributed by atoms with Crippen molar-refractivity contribution in [1.82, 2.24) is 20.2 Å². The van der Waals surface area contributed by atoms with E-state index in [-0.39, 0.29) is 0 Å².